The van der Waals surface area contributed by atoms with Gasteiger partial charge in [0.25, 0.3) is 0 Å². The third-order valence-electron chi connectivity index (χ3n) is 2.91. The summed E-state index contributed by atoms with van der Waals surface area (Å²) < 4.78 is 5.40. The number of allylic oxidation sites excluding steroid dienone is 1. The Labute approximate surface area is 124 Å². The summed E-state index contributed by atoms with van der Waals surface area (Å²) >= 11 is 0. The molecule has 1 aromatic heterocycles. The van der Waals surface area contributed by atoms with Gasteiger partial charge in [-0.2, -0.15) is 5.26 Å². The van der Waals surface area contributed by atoms with Gasteiger partial charge in [-0.05, 0) is 5.57 Å². The van der Waals surface area contributed by atoms with Gasteiger partial charge in [-0.1, -0.05) is 6.08 Å². The lowest BCUT2D eigenvalue weighted by Gasteiger charge is -2.13. The lowest BCUT2D eigenvalue weighted by atomic mass is 10.1. The second-order valence-corrected chi connectivity index (χ2v) is 4.71. The molecule has 1 aromatic rings. The molecule has 0 spiro atoms. The highest BCUT2D eigenvalue weighted by Crippen LogP contribution is 2.32. The Bertz CT molecular complexity index is 653. The van der Waals surface area contributed by atoms with Crippen LogP contribution in [0, 0.1) is 11.3 Å². The van der Waals surface area contributed by atoms with Crippen LogP contribution in [0.1, 0.15) is 17.8 Å². The van der Waals surface area contributed by atoms with Crippen molar-refractivity contribution in [2.45, 2.75) is 6.42 Å². The van der Waals surface area contributed by atoms with Crippen LogP contribution in [0.4, 0.5) is 5.69 Å². The number of hydrogen-bond donors (Lipinski definition) is 0. The number of pyridine rings is 1. The summed E-state index contributed by atoms with van der Waals surface area (Å²) in [5.74, 6) is 0.612. The molecule has 0 N–H and O–H groups in total. The standard InChI is InChI=1S/C15H17N5O/c1-20(2)10-18-12-8-14(21-3)15(19-13(12)9-16)11-4-6-17-7-5-11/h4,7-8,10H,5-6H2,1-3H3/b18-10+. The Morgan fingerprint density at radius 3 is 2.86 bits per heavy atom. The zero-order valence-electron chi connectivity index (χ0n) is 12.4. The van der Waals surface area contributed by atoms with Crippen molar-refractivity contribution in [1.29, 1.82) is 5.26 Å². The van der Waals surface area contributed by atoms with Crippen molar-refractivity contribution in [1.82, 2.24) is 9.88 Å². The van der Waals surface area contributed by atoms with E-state index >= 15 is 0 Å². The van der Waals surface area contributed by atoms with Crippen LogP contribution in [0.15, 0.2) is 22.1 Å². The molecule has 2 rings (SSSR count). The van der Waals surface area contributed by atoms with Crippen LogP contribution in [0.2, 0.25) is 0 Å². The van der Waals surface area contributed by atoms with Crippen molar-refractivity contribution < 1.29 is 4.74 Å². The van der Waals surface area contributed by atoms with E-state index in [1.807, 2.05) is 26.4 Å². The summed E-state index contributed by atoms with van der Waals surface area (Å²) in [5, 5.41) is 9.28. The molecule has 1 aliphatic heterocycles. The second-order valence-electron chi connectivity index (χ2n) is 4.71. The highest BCUT2D eigenvalue weighted by atomic mass is 16.5. The van der Waals surface area contributed by atoms with Crippen LogP contribution in [0.25, 0.3) is 5.57 Å². The first kappa shape index (κ1) is 14.7. The van der Waals surface area contributed by atoms with E-state index in [1.54, 1.807) is 24.4 Å². The third kappa shape index (κ3) is 3.45. The maximum Gasteiger partial charge on any atom is 0.167 e. The maximum absolute atomic E-state index is 9.28. The van der Waals surface area contributed by atoms with E-state index in [4.69, 9.17) is 4.74 Å². The molecule has 1 aliphatic rings. The lowest BCUT2D eigenvalue weighted by Crippen LogP contribution is -2.07. The number of aliphatic imine (C=N–C) groups is 2. The highest BCUT2D eigenvalue weighted by molar-refractivity contribution is 5.83. The van der Waals surface area contributed by atoms with Crippen molar-refractivity contribution in [3.63, 3.8) is 0 Å². The first-order valence-corrected chi connectivity index (χ1v) is 6.53. The Kier molecular flexibility index (Phi) is 4.67. The van der Waals surface area contributed by atoms with Gasteiger partial charge in [0.1, 0.15) is 23.2 Å². The van der Waals surface area contributed by atoms with Gasteiger partial charge in [-0.25, -0.2) is 9.98 Å². The molecule has 0 unspecified atom stereocenters. The molecule has 0 bridgehead atoms. The molecule has 0 saturated carbocycles. The summed E-state index contributed by atoms with van der Waals surface area (Å²) in [5.41, 5.74) is 2.48. The Balaban J connectivity index is 2.48. The molecular weight excluding hydrogens is 266 g/mol. The molecule has 0 radical (unpaired) electrons. The van der Waals surface area contributed by atoms with E-state index in [2.05, 4.69) is 21.0 Å². The van der Waals surface area contributed by atoms with Crippen LogP contribution >= 0.6 is 0 Å². The smallest absolute Gasteiger partial charge is 0.167 e. The molecule has 0 saturated heterocycles. The van der Waals surface area contributed by atoms with Crippen LogP contribution in [0.3, 0.4) is 0 Å². The predicted molar refractivity (Wildman–Crippen MR) is 83.3 cm³/mol. The van der Waals surface area contributed by atoms with Gasteiger partial charge in [-0.15, -0.1) is 0 Å². The lowest BCUT2D eigenvalue weighted by molar-refractivity contribution is 0.411. The molecule has 0 amide bonds. The Morgan fingerprint density at radius 2 is 2.29 bits per heavy atom. The molecule has 0 aliphatic carbocycles. The fraction of sp³-hybridized carbons (Fsp3) is 0.333. The van der Waals surface area contributed by atoms with Gasteiger partial charge >= 0.3 is 0 Å². The largest absolute Gasteiger partial charge is 0.494 e. The molecular formula is C15H17N5O. The number of ether oxygens (including phenoxy) is 1. The molecule has 6 nitrogen and oxygen atoms in total. The molecule has 21 heavy (non-hydrogen) atoms. The highest BCUT2D eigenvalue weighted by Gasteiger charge is 2.16. The van der Waals surface area contributed by atoms with Crippen LogP contribution in [-0.2, 0) is 0 Å². The van der Waals surface area contributed by atoms with Crippen molar-refractivity contribution in [3.8, 4) is 11.8 Å². The zero-order chi connectivity index (χ0) is 15.2. The quantitative estimate of drug-likeness (QED) is 0.626. The van der Waals surface area contributed by atoms with Gasteiger partial charge in [0, 0.05) is 32.8 Å². The average Bonchev–Trinajstić information content (AvgIpc) is 2.52. The predicted octanol–water partition coefficient (Wildman–Crippen LogP) is 2.04. The van der Waals surface area contributed by atoms with Crippen molar-refractivity contribution in [2.75, 3.05) is 27.7 Å². The van der Waals surface area contributed by atoms with Gasteiger partial charge in [0.05, 0.1) is 20.0 Å². The van der Waals surface area contributed by atoms with E-state index in [0.717, 1.165) is 5.57 Å². The molecule has 6 heteroatoms. The van der Waals surface area contributed by atoms with Crippen molar-refractivity contribution in [3.05, 3.63) is 23.5 Å². The number of dihydropyridines is 1. The molecule has 0 fully saturated rings. The van der Waals surface area contributed by atoms with Gasteiger partial charge in [0.2, 0.25) is 0 Å². The third-order valence-corrected chi connectivity index (χ3v) is 2.91. The molecule has 0 atom stereocenters. The van der Waals surface area contributed by atoms with E-state index in [0.29, 0.717) is 30.1 Å². The number of hydrogen-bond acceptors (Lipinski definition) is 5. The Hall–Kier alpha value is -2.68. The minimum absolute atomic E-state index is 0.285. The zero-order valence-corrected chi connectivity index (χ0v) is 12.4. The van der Waals surface area contributed by atoms with Crippen molar-refractivity contribution >= 4 is 23.8 Å². The minimum Gasteiger partial charge on any atom is -0.494 e. The molecule has 0 aromatic carbocycles. The molecule has 2 heterocycles. The average molecular weight is 283 g/mol. The van der Waals surface area contributed by atoms with Crippen LogP contribution in [0.5, 0.6) is 5.75 Å². The number of methoxy groups -OCH3 is 1. The van der Waals surface area contributed by atoms with Crippen LogP contribution < -0.4 is 4.74 Å². The van der Waals surface area contributed by atoms with Gasteiger partial charge < -0.3 is 9.64 Å². The summed E-state index contributed by atoms with van der Waals surface area (Å²) in [6.07, 6.45) is 6.16. The topological polar surface area (TPSA) is 73.9 Å². The molecule has 108 valence electrons. The SMILES string of the molecule is COc1cc(/N=C/N(C)C)c(C#N)nc1C1=CCN=CC1. The van der Waals surface area contributed by atoms with E-state index < -0.39 is 0 Å². The second kappa shape index (κ2) is 6.66. The van der Waals surface area contributed by atoms with Crippen LogP contribution in [-0.4, -0.2) is 50.2 Å². The van der Waals surface area contributed by atoms with E-state index in [-0.39, 0.29) is 5.69 Å². The summed E-state index contributed by atoms with van der Waals surface area (Å²) in [4.78, 5) is 14.6. The first-order chi connectivity index (χ1) is 10.2. The number of aromatic nitrogens is 1. The van der Waals surface area contributed by atoms with E-state index in [9.17, 15) is 5.26 Å². The summed E-state index contributed by atoms with van der Waals surface area (Å²) in [6.45, 7) is 0.628. The number of nitriles is 1. The Morgan fingerprint density at radius 1 is 1.48 bits per heavy atom. The van der Waals surface area contributed by atoms with Gasteiger partial charge in [0.15, 0.2) is 5.69 Å². The number of rotatable bonds is 4. The fourth-order valence-electron chi connectivity index (χ4n) is 1.91. The monoisotopic (exact) mass is 283 g/mol. The summed E-state index contributed by atoms with van der Waals surface area (Å²) in [6, 6.07) is 3.83. The summed E-state index contributed by atoms with van der Waals surface area (Å²) in [7, 11) is 5.31. The minimum atomic E-state index is 0.285. The normalized spacial score (nSPS) is 13.9. The number of nitrogens with zero attached hydrogens (tertiary/aromatic N) is 5. The fourth-order valence-corrected chi connectivity index (χ4v) is 1.91. The first-order valence-electron chi connectivity index (χ1n) is 6.53. The van der Waals surface area contributed by atoms with Crippen molar-refractivity contribution in [2.24, 2.45) is 9.98 Å². The maximum atomic E-state index is 9.28. The van der Waals surface area contributed by atoms with E-state index in [1.165, 1.54) is 0 Å². The van der Waals surface area contributed by atoms with Gasteiger partial charge in [-0.3, -0.25) is 4.99 Å².